The average molecular weight is 325 g/mol. The zero-order valence-corrected chi connectivity index (χ0v) is 13.0. The van der Waals surface area contributed by atoms with Gasteiger partial charge in [-0.25, -0.2) is 4.79 Å². The van der Waals surface area contributed by atoms with Crippen molar-refractivity contribution in [2.75, 3.05) is 32.1 Å². The quantitative estimate of drug-likeness (QED) is 0.780. The largest absolute Gasteiger partial charge is 0.381 e. The van der Waals surface area contributed by atoms with E-state index in [1.54, 1.807) is 0 Å². The second kappa shape index (κ2) is 6.29. The number of thioether (sulfide) groups is 1. The number of ether oxygens (including phenoxy) is 1. The lowest BCUT2D eigenvalue weighted by molar-refractivity contribution is -0.131. The summed E-state index contributed by atoms with van der Waals surface area (Å²) in [5.74, 6) is 0.866. The van der Waals surface area contributed by atoms with Gasteiger partial charge in [0.05, 0.1) is 6.42 Å². The Bertz CT molecular complexity index is 629. The van der Waals surface area contributed by atoms with Crippen LogP contribution in [0.25, 0.3) is 0 Å². The molecule has 0 unspecified atom stereocenters. The molecular weight excluding hydrogens is 306 g/mol. The maximum absolute atomic E-state index is 12.5. The topological polar surface area (TPSA) is 95.3 Å². The van der Waals surface area contributed by atoms with Crippen molar-refractivity contribution in [3.8, 4) is 0 Å². The van der Waals surface area contributed by atoms with Gasteiger partial charge in [0.15, 0.2) is 0 Å². The fourth-order valence-electron chi connectivity index (χ4n) is 2.99. The Morgan fingerprint density at radius 2 is 2.09 bits per heavy atom. The van der Waals surface area contributed by atoms with Crippen LogP contribution in [-0.4, -0.2) is 57.6 Å². The highest BCUT2D eigenvalue weighted by Crippen LogP contribution is 2.39. The van der Waals surface area contributed by atoms with Gasteiger partial charge in [-0.05, 0) is 12.8 Å². The Morgan fingerprint density at radius 1 is 1.32 bits per heavy atom. The highest BCUT2D eigenvalue weighted by molar-refractivity contribution is 8.00. The molecule has 3 rings (SSSR count). The van der Waals surface area contributed by atoms with E-state index in [2.05, 4.69) is 9.97 Å². The molecule has 1 amide bonds. The SMILES string of the molecule is O=C(Cc1cc(=O)[nH]c(=O)[nH]1)N1CCSC2(CCOCC2)C1. The molecule has 1 aromatic heterocycles. The van der Waals surface area contributed by atoms with Gasteiger partial charge in [-0.3, -0.25) is 14.6 Å². The number of amides is 1. The first-order valence-electron chi connectivity index (χ1n) is 7.38. The normalized spacial score (nSPS) is 21.0. The Morgan fingerprint density at radius 3 is 2.82 bits per heavy atom. The van der Waals surface area contributed by atoms with Gasteiger partial charge >= 0.3 is 5.69 Å². The molecule has 0 aromatic carbocycles. The summed E-state index contributed by atoms with van der Waals surface area (Å²) in [5, 5.41) is 0. The predicted octanol–water partition coefficient (Wildman–Crippen LogP) is -0.270. The Kier molecular flexibility index (Phi) is 4.39. The van der Waals surface area contributed by atoms with Crippen LogP contribution in [0.2, 0.25) is 0 Å². The van der Waals surface area contributed by atoms with E-state index in [1.165, 1.54) is 6.07 Å². The molecule has 1 spiro atoms. The van der Waals surface area contributed by atoms with Crippen LogP contribution in [0.15, 0.2) is 15.7 Å². The first-order valence-corrected chi connectivity index (χ1v) is 8.37. The smallest absolute Gasteiger partial charge is 0.325 e. The Labute approximate surface area is 131 Å². The van der Waals surface area contributed by atoms with Crippen LogP contribution in [0.5, 0.6) is 0 Å². The number of hydrogen-bond donors (Lipinski definition) is 2. The number of H-pyrrole nitrogens is 2. The summed E-state index contributed by atoms with van der Waals surface area (Å²) in [4.78, 5) is 41.5. The summed E-state index contributed by atoms with van der Waals surface area (Å²) in [6.07, 6.45) is 1.98. The summed E-state index contributed by atoms with van der Waals surface area (Å²) >= 11 is 1.93. The molecule has 0 saturated carbocycles. The van der Waals surface area contributed by atoms with Crippen LogP contribution in [0, 0.1) is 0 Å². The monoisotopic (exact) mass is 325 g/mol. The zero-order valence-electron chi connectivity index (χ0n) is 12.2. The predicted molar refractivity (Wildman–Crippen MR) is 83.2 cm³/mol. The number of carbonyl (C=O) groups is 1. The van der Waals surface area contributed by atoms with E-state index in [0.29, 0.717) is 18.8 Å². The van der Waals surface area contributed by atoms with Gasteiger partial charge in [-0.1, -0.05) is 0 Å². The maximum atomic E-state index is 12.5. The fourth-order valence-corrected chi connectivity index (χ4v) is 4.44. The third kappa shape index (κ3) is 3.44. The van der Waals surface area contributed by atoms with Crippen molar-refractivity contribution < 1.29 is 9.53 Å². The van der Waals surface area contributed by atoms with Gasteiger partial charge < -0.3 is 14.6 Å². The minimum absolute atomic E-state index is 0.0487. The Hall–Kier alpha value is -1.54. The van der Waals surface area contributed by atoms with Crippen LogP contribution in [0.1, 0.15) is 18.5 Å². The van der Waals surface area contributed by atoms with Crippen molar-refractivity contribution in [2.45, 2.75) is 24.0 Å². The third-order valence-corrected chi connectivity index (χ3v) is 5.70. The van der Waals surface area contributed by atoms with Crippen molar-refractivity contribution in [2.24, 2.45) is 0 Å². The third-order valence-electron chi connectivity index (χ3n) is 4.16. The van der Waals surface area contributed by atoms with Gasteiger partial charge in [0, 0.05) is 48.6 Å². The molecule has 3 heterocycles. The minimum Gasteiger partial charge on any atom is -0.381 e. The van der Waals surface area contributed by atoms with E-state index in [4.69, 9.17) is 4.74 Å². The van der Waals surface area contributed by atoms with Crippen LogP contribution in [-0.2, 0) is 16.0 Å². The molecule has 0 radical (unpaired) electrons. The summed E-state index contributed by atoms with van der Waals surface area (Å²) in [6.45, 7) is 2.92. The lowest BCUT2D eigenvalue weighted by Crippen LogP contribution is -2.51. The molecule has 2 fully saturated rings. The lowest BCUT2D eigenvalue weighted by Gasteiger charge is -2.44. The molecular formula is C14H19N3O4S. The molecule has 2 saturated heterocycles. The molecule has 22 heavy (non-hydrogen) atoms. The van der Waals surface area contributed by atoms with E-state index in [9.17, 15) is 14.4 Å². The number of aromatic nitrogens is 2. The van der Waals surface area contributed by atoms with Crippen LogP contribution in [0.3, 0.4) is 0 Å². The molecule has 2 aliphatic rings. The average Bonchev–Trinajstić information content (AvgIpc) is 2.47. The van der Waals surface area contributed by atoms with E-state index >= 15 is 0 Å². The number of nitrogens with zero attached hydrogens (tertiary/aromatic N) is 1. The summed E-state index contributed by atoms with van der Waals surface area (Å²) in [5.41, 5.74) is -0.704. The number of rotatable bonds is 2. The molecule has 8 heteroatoms. The van der Waals surface area contributed by atoms with Crippen LogP contribution in [0.4, 0.5) is 0 Å². The first kappa shape index (κ1) is 15.4. The molecule has 0 atom stereocenters. The van der Waals surface area contributed by atoms with E-state index in [-0.39, 0.29) is 17.1 Å². The molecule has 2 N–H and O–H groups in total. The number of aromatic amines is 2. The van der Waals surface area contributed by atoms with Gasteiger partial charge in [0.1, 0.15) is 0 Å². The second-order valence-corrected chi connectivity index (χ2v) is 7.31. The van der Waals surface area contributed by atoms with Crippen molar-refractivity contribution in [1.82, 2.24) is 14.9 Å². The van der Waals surface area contributed by atoms with Gasteiger partial charge in [-0.15, -0.1) is 0 Å². The summed E-state index contributed by atoms with van der Waals surface area (Å²) in [6, 6.07) is 1.27. The Balaban J connectivity index is 1.69. The van der Waals surface area contributed by atoms with E-state index < -0.39 is 11.2 Å². The standard InChI is InChI=1S/C14H19N3O4S/c18-11-7-10(15-13(20)16-11)8-12(19)17-3-6-22-14(9-17)1-4-21-5-2-14/h7H,1-6,8-9H2,(H2,15,16,18,20). The fraction of sp³-hybridized carbons (Fsp3) is 0.643. The van der Waals surface area contributed by atoms with Crippen LogP contribution >= 0.6 is 11.8 Å². The highest BCUT2D eigenvalue weighted by Gasteiger charge is 2.39. The number of nitrogens with one attached hydrogen (secondary N) is 2. The zero-order chi connectivity index (χ0) is 15.6. The number of carbonyl (C=O) groups excluding carboxylic acids is 1. The van der Waals surface area contributed by atoms with Gasteiger partial charge in [0.25, 0.3) is 5.56 Å². The van der Waals surface area contributed by atoms with Crippen molar-refractivity contribution in [3.63, 3.8) is 0 Å². The summed E-state index contributed by atoms with van der Waals surface area (Å²) in [7, 11) is 0. The minimum atomic E-state index is -0.578. The molecule has 1 aromatic rings. The summed E-state index contributed by atoms with van der Waals surface area (Å²) < 4.78 is 5.52. The maximum Gasteiger partial charge on any atom is 0.325 e. The molecule has 0 bridgehead atoms. The molecule has 120 valence electrons. The molecule has 7 nitrogen and oxygen atoms in total. The first-order chi connectivity index (χ1) is 10.6. The second-order valence-electron chi connectivity index (χ2n) is 5.75. The molecule has 0 aliphatic carbocycles. The lowest BCUT2D eigenvalue weighted by atomic mass is 9.97. The van der Waals surface area contributed by atoms with Crippen LogP contribution < -0.4 is 11.2 Å². The van der Waals surface area contributed by atoms with E-state index in [1.807, 2.05) is 16.7 Å². The van der Waals surface area contributed by atoms with Crippen molar-refractivity contribution >= 4 is 17.7 Å². The van der Waals surface area contributed by atoms with Gasteiger partial charge in [0.2, 0.25) is 5.91 Å². The number of hydrogen-bond acceptors (Lipinski definition) is 5. The molecule has 2 aliphatic heterocycles. The van der Waals surface area contributed by atoms with E-state index in [0.717, 1.165) is 31.8 Å². The van der Waals surface area contributed by atoms with Crippen molar-refractivity contribution in [3.05, 3.63) is 32.6 Å². The van der Waals surface area contributed by atoms with Crippen molar-refractivity contribution in [1.29, 1.82) is 0 Å². The highest BCUT2D eigenvalue weighted by atomic mass is 32.2. The van der Waals surface area contributed by atoms with Gasteiger partial charge in [-0.2, -0.15) is 11.8 Å².